The molecule has 1 aromatic rings. The van der Waals surface area contributed by atoms with Crippen LogP contribution >= 0.6 is 11.6 Å². The van der Waals surface area contributed by atoms with Gasteiger partial charge < -0.3 is 5.32 Å². The summed E-state index contributed by atoms with van der Waals surface area (Å²) in [5.41, 5.74) is 2.99. The van der Waals surface area contributed by atoms with Gasteiger partial charge in [0, 0.05) is 5.02 Å². The third-order valence-electron chi connectivity index (χ3n) is 3.54. The van der Waals surface area contributed by atoms with E-state index in [0.717, 1.165) is 17.5 Å². The number of fused-ring (bicyclic) bond motifs is 1. The van der Waals surface area contributed by atoms with Crippen LogP contribution in [0.4, 0.5) is 0 Å². The van der Waals surface area contributed by atoms with Crippen LogP contribution in [0.2, 0.25) is 5.02 Å². The zero-order valence-corrected chi connectivity index (χ0v) is 10.8. The monoisotopic (exact) mass is 237 g/mol. The predicted molar refractivity (Wildman–Crippen MR) is 70.2 cm³/mol. The van der Waals surface area contributed by atoms with Crippen LogP contribution in [0.1, 0.15) is 36.8 Å². The molecule has 1 N–H and O–H groups in total. The van der Waals surface area contributed by atoms with E-state index in [1.54, 1.807) is 0 Å². The van der Waals surface area contributed by atoms with Gasteiger partial charge in [0.25, 0.3) is 0 Å². The maximum absolute atomic E-state index is 6.06. The van der Waals surface area contributed by atoms with Crippen molar-refractivity contribution in [1.82, 2.24) is 5.32 Å². The smallest absolute Gasteiger partial charge is 0.0408 e. The molecular weight excluding hydrogens is 218 g/mol. The standard InChI is InChI=1S/C14H20ClN/c1-10-7-11(5-6-16-2)14-4-3-13(15)9-12(14)8-10/h3-4,9-11,16H,5-8H2,1-2H3. The van der Waals surface area contributed by atoms with Crippen molar-refractivity contribution < 1.29 is 0 Å². The SMILES string of the molecule is CNCCC1CC(C)Cc2cc(Cl)ccc21. The second-order valence-electron chi connectivity index (χ2n) is 4.98. The van der Waals surface area contributed by atoms with E-state index in [-0.39, 0.29) is 0 Å². The average molecular weight is 238 g/mol. The van der Waals surface area contributed by atoms with Gasteiger partial charge in [-0.05, 0) is 68.0 Å². The molecule has 88 valence electrons. The minimum Gasteiger partial charge on any atom is -0.320 e. The highest BCUT2D eigenvalue weighted by Crippen LogP contribution is 2.37. The summed E-state index contributed by atoms with van der Waals surface area (Å²) in [5.74, 6) is 1.50. The van der Waals surface area contributed by atoms with Crippen LogP contribution < -0.4 is 5.32 Å². The van der Waals surface area contributed by atoms with E-state index in [1.807, 2.05) is 13.1 Å². The minimum absolute atomic E-state index is 0.712. The summed E-state index contributed by atoms with van der Waals surface area (Å²) in [6.45, 7) is 3.44. The van der Waals surface area contributed by atoms with Crippen LogP contribution in [0.5, 0.6) is 0 Å². The third kappa shape index (κ3) is 2.58. The van der Waals surface area contributed by atoms with Crippen LogP contribution in [0, 0.1) is 5.92 Å². The van der Waals surface area contributed by atoms with E-state index in [9.17, 15) is 0 Å². The highest BCUT2D eigenvalue weighted by molar-refractivity contribution is 6.30. The largest absolute Gasteiger partial charge is 0.320 e. The van der Waals surface area contributed by atoms with Crippen molar-refractivity contribution in [3.8, 4) is 0 Å². The summed E-state index contributed by atoms with van der Waals surface area (Å²) in [6, 6.07) is 6.41. The number of rotatable bonds is 3. The summed E-state index contributed by atoms with van der Waals surface area (Å²) in [7, 11) is 2.02. The quantitative estimate of drug-likeness (QED) is 0.847. The molecule has 1 aliphatic rings. The van der Waals surface area contributed by atoms with Crippen molar-refractivity contribution in [1.29, 1.82) is 0 Å². The maximum Gasteiger partial charge on any atom is 0.0408 e. The molecule has 2 heteroatoms. The van der Waals surface area contributed by atoms with Gasteiger partial charge in [-0.15, -0.1) is 0 Å². The van der Waals surface area contributed by atoms with Crippen molar-refractivity contribution >= 4 is 11.6 Å². The van der Waals surface area contributed by atoms with Crippen LogP contribution in [0.25, 0.3) is 0 Å². The molecule has 1 aliphatic carbocycles. The number of halogens is 1. The first-order chi connectivity index (χ1) is 7.70. The van der Waals surface area contributed by atoms with Gasteiger partial charge >= 0.3 is 0 Å². The predicted octanol–water partition coefficient (Wildman–Crippen LogP) is 3.62. The van der Waals surface area contributed by atoms with Crippen molar-refractivity contribution in [3.63, 3.8) is 0 Å². The molecule has 0 bridgehead atoms. The fourth-order valence-electron chi connectivity index (χ4n) is 2.81. The van der Waals surface area contributed by atoms with Crippen LogP contribution in [-0.4, -0.2) is 13.6 Å². The Balaban J connectivity index is 2.23. The second-order valence-corrected chi connectivity index (χ2v) is 5.41. The Morgan fingerprint density at radius 2 is 2.25 bits per heavy atom. The highest BCUT2D eigenvalue weighted by Gasteiger charge is 2.24. The van der Waals surface area contributed by atoms with Crippen molar-refractivity contribution in [2.45, 2.75) is 32.1 Å². The van der Waals surface area contributed by atoms with Crippen LogP contribution in [0.15, 0.2) is 18.2 Å². The van der Waals surface area contributed by atoms with E-state index in [4.69, 9.17) is 11.6 Å². The molecule has 0 fully saturated rings. The summed E-state index contributed by atoms with van der Waals surface area (Å²) in [5, 5.41) is 4.12. The van der Waals surface area contributed by atoms with E-state index >= 15 is 0 Å². The molecule has 0 amide bonds. The van der Waals surface area contributed by atoms with E-state index in [0.29, 0.717) is 5.92 Å². The summed E-state index contributed by atoms with van der Waals surface area (Å²) in [4.78, 5) is 0. The molecule has 1 aromatic carbocycles. The molecule has 0 aliphatic heterocycles. The Hall–Kier alpha value is -0.530. The van der Waals surface area contributed by atoms with E-state index in [2.05, 4.69) is 24.4 Å². The first-order valence-electron chi connectivity index (χ1n) is 6.13. The van der Waals surface area contributed by atoms with Gasteiger partial charge in [0.15, 0.2) is 0 Å². The molecule has 0 saturated heterocycles. The zero-order chi connectivity index (χ0) is 11.5. The van der Waals surface area contributed by atoms with Gasteiger partial charge in [0.2, 0.25) is 0 Å². The summed E-state index contributed by atoms with van der Waals surface area (Å²) >= 11 is 6.06. The molecule has 16 heavy (non-hydrogen) atoms. The lowest BCUT2D eigenvalue weighted by Gasteiger charge is -2.30. The number of benzene rings is 1. The molecule has 0 aromatic heterocycles. The average Bonchev–Trinajstić information content (AvgIpc) is 2.25. The van der Waals surface area contributed by atoms with E-state index < -0.39 is 0 Å². The number of hydrogen-bond acceptors (Lipinski definition) is 1. The van der Waals surface area contributed by atoms with Crippen molar-refractivity contribution in [2.24, 2.45) is 5.92 Å². The highest BCUT2D eigenvalue weighted by atomic mass is 35.5. The topological polar surface area (TPSA) is 12.0 Å². The first-order valence-corrected chi connectivity index (χ1v) is 6.51. The second kappa shape index (κ2) is 5.20. The van der Waals surface area contributed by atoms with Crippen LogP contribution in [0.3, 0.4) is 0 Å². The van der Waals surface area contributed by atoms with Gasteiger partial charge in [-0.3, -0.25) is 0 Å². The van der Waals surface area contributed by atoms with Crippen molar-refractivity contribution in [3.05, 3.63) is 34.3 Å². The fraction of sp³-hybridized carbons (Fsp3) is 0.571. The fourth-order valence-corrected chi connectivity index (χ4v) is 3.01. The molecule has 0 spiro atoms. The van der Waals surface area contributed by atoms with E-state index in [1.165, 1.54) is 30.4 Å². The summed E-state index contributed by atoms with van der Waals surface area (Å²) < 4.78 is 0. The lowest BCUT2D eigenvalue weighted by molar-refractivity contribution is 0.412. The number of nitrogens with one attached hydrogen (secondary N) is 1. The Morgan fingerprint density at radius 3 is 3.00 bits per heavy atom. The first kappa shape index (κ1) is 11.9. The normalized spacial score (nSPS) is 24.2. The van der Waals surface area contributed by atoms with Crippen LogP contribution in [-0.2, 0) is 6.42 Å². The Morgan fingerprint density at radius 1 is 1.44 bits per heavy atom. The lowest BCUT2D eigenvalue weighted by Crippen LogP contribution is -2.20. The van der Waals surface area contributed by atoms with Gasteiger partial charge in [-0.1, -0.05) is 24.6 Å². The van der Waals surface area contributed by atoms with Crippen molar-refractivity contribution in [2.75, 3.05) is 13.6 Å². The molecular formula is C14H20ClN. The van der Waals surface area contributed by atoms with Gasteiger partial charge in [0.1, 0.15) is 0 Å². The Kier molecular flexibility index (Phi) is 3.88. The maximum atomic E-state index is 6.06. The van der Waals surface area contributed by atoms with Gasteiger partial charge in [0.05, 0.1) is 0 Å². The molecule has 0 heterocycles. The Labute approximate surface area is 103 Å². The molecule has 0 radical (unpaired) electrons. The lowest BCUT2D eigenvalue weighted by atomic mass is 9.76. The molecule has 2 rings (SSSR count). The zero-order valence-electron chi connectivity index (χ0n) is 10.1. The molecule has 2 unspecified atom stereocenters. The van der Waals surface area contributed by atoms with Gasteiger partial charge in [-0.25, -0.2) is 0 Å². The molecule has 0 saturated carbocycles. The number of hydrogen-bond donors (Lipinski definition) is 1. The molecule has 2 atom stereocenters. The minimum atomic E-state index is 0.712. The third-order valence-corrected chi connectivity index (χ3v) is 3.78. The van der Waals surface area contributed by atoms with Gasteiger partial charge in [-0.2, -0.15) is 0 Å². The molecule has 1 nitrogen and oxygen atoms in total. The Bertz CT molecular complexity index is 362. The summed E-state index contributed by atoms with van der Waals surface area (Å²) in [6.07, 6.45) is 3.73.